The van der Waals surface area contributed by atoms with Crippen LogP contribution < -0.4 is 5.32 Å². The average molecular weight is 422 g/mol. The molecular formula is C23H27N5OS. The van der Waals surface area contributed by atoms with E-state index in [2.05, 4.69) is 44.7 Å². The predicted molar refractivity (Wildman–Crippen MR) is 120 cm³/mol. The summed E-state index contributed by atoms with van der Waals surface area (Å²) in [5, 5.41) is 10.4. The lowest BCUT2D eigenvalue weighted by molar-refractivity contribution is -0.122. The van der Waals surface area contributed by atoms with Crippen molar-refractivity contribution in [2.45, 2.75) is 38.9 Å². The van der Waals surface area contributed by atoms with E-state index in [4.69, 9.17) is 12.2 Å². The second-order valence-electron chi connectivity index (χ2n) is 7.93. The molecule has 1 aliphatic heterocycles. The molecule has 2 aromatic carbocycles. The number of benzene rings is 2. The number of H-pyrrole nitrogens is 1. The minimum Gasteiger partial charge on any atom is -0.351 e. The summed E-state index contributed by atoms with van der Waals surface area (Å²) in [4.78, 5) is 15.2. The minimum atomic E-state index is -0.0348. The Kier molecular flexibility index (Phi) is 6.40. The molecule has 0 aliphatic carbocycles. The SMILES string of the molecule is Cc1ccc(-c2n[nH]c(=S)n2CC(=O)NC2CCCN(Cc3ccccc3)C2)cc1. The Hall–Kier alpha value is -2.77. The molecule has 30 heavy (non-hydrogen) atoms. The van der Waals surface area contributed by atoms with Crippen LogP contribution in [0.3, 0.4) is 0 Å². The van der Waals surface area contributed by atoms with Gasteiger partial charge in [-0.05, 0) is 44.1 Å². The van der Waals surface area contributed by atoms with Crippen LogP contribution in [0.2, 0.25) is 0 Å². The summed E-state index contributed by atoms with van der Waals surface area (Å²) in [6.07, 6.45) is 2.08. The van der Waals surface area contributed by atoms with E-state index in [1.54, 1.807) is 4.57 Å². The van der Waals surface area contributed by atoms with Gasteiger partial charge in [0.25, 0.3) is 0 Å². The van der Waals surface area contributed by atoms with Gasteiger partial charge in [0.2, 0.25) is 5.91 Å². The Morgan fingerprint density at radius 3 is 2.73 bits per heavy atom. The molecule has 156 valence electrons. The number of carbonyl (C=O) groups is 1. The molecule has 0 bridgehead atoms. The number of likely N-dealkylation sites (tertiary alicyclic amines) is 1. The summed E-state index contributed by atoms with van der Waals surface area (Å²) in [5.41, 5.74) is 3.42. The third-order valence-corrected chi connectivity index (χ3v) is 5.80. The summed E-state index contributed by atoms with van der Waals surface area (Å²) in [6, 6.07) is 18.7. The summed E-state index contributed by atoms with van der Waals surface area (Å²) in [6.45, 7) is 5.04. The Balaban J connectivity index is 1.38. The number of aryl methyl sites for hydroxylation is 1. The smallest absolute Gasteiger partial charge is 0.240 e. The molecule has 2 N–H and O–H groups in total. The van der Waals surface area contributed by atoms with E-state index in [0.29, 0.717) is 10.6 Å². The van der Waals surface area contributed by atoms with Crippen LogP contribution in [-0.2, 0) is 17.9 Å². The highest BCUT2D eigenvalue weighted by atomic mass is 32.1. The van der Waals surface area contributed by atoms with Crippen molar-refractivity contribution in [3.05, 3.63) is 70.5 Å². The van der Waals surface area contributed by atoms with Crippen LogP contribution in [-0.4, -0.2) is 44.7 Å². The molecule has 1 atom stereocenters. The van der Waals surface area contributed by atoms with E-state index < -0.39 is 0 Å². The topological polar surface area (TPSA) is 66.0 Å². The maximum absolute atomic E-state index is 12.8. The molecule has 1 aliphatic rings. The van der Waals surface area contributed by atoms with Gasteiger partial charge in [0.05, 0.1) is 0 Å². The number of nitrogens with zero attached hydrogens (tertiary/aromatic N) is 3. The lowest BCUT2D eigenvalue weighted by atomic mass is 10.0. The Bertz CT molecular complexity index is 1040. The molecule has 1 aromatic heterocycles. The summed E-state index contributed by atoms with van der Waals surface area (Å²) >= 11 is 5.37. The molecule has 2 heterocycles. The number of piperidine rings is 1. The lowest BCUT2D eigenvalue weighted by Gasteiger charge is -2.33. The van der Waals surface area contributed by atoms with Crippen LogP contribution in [0, 0.1) is 11.7 Å². The van der Waals surface area contributed by atoms with Crippen LogP contribution in [0.4, 0.5) is 0 Å². The number of aromatic amines is 1. The number of amides is 1. The fourth-order valence-corrected chi connectivity index (χ4v) is 4.16. The standard InChI is InChI=1S/C23H27N5OS/c1-17-9-11-19(12-10-17)22-25-26-23(30)28(22)16-21(29)24-20-8-5-13-27(15-20)14-18-6-3-2-4-7-18/h2-4,6-7,9-12,20H,5,8,13-16H2,1H3,(H,24,29)(H,26,30). The van der Waals surface area contributed by atoms with Gasteiger partial charge < -0.3 is 5.32 Å². The van der Waals surface area contributed by atoms with Crippen molar-refractivity contribution >= 4 is 18.1 Å². The van der Waals surface area contributed by atoms with Gasteiger partial charge in [-0.3, -0.25) is 19.4 Å². The molecular weight excluding hydrogens is 394 g/mol. The zero-order chi connectivity index (χ0) is 20.9. The molecule has 0 saturated carbocycles. The maximum Gasteiger partial charge on any atom is 0.240 e. The maximum atomic E-state index is 12.8. The molecule has 3 aromatic rings. The van der Waals surface area contributed by atoms with Crippen molar-refractivity contribution in [1.29, 1.82) is 0 Å². The third kappa shape index (κ3) is 5.04. The molecule has 0 radical (unpaired) electrons. The highest BCUT2D eigenvalue weighted by molar-refractivity contribution is 7.71. The molecule has 1 unspecified atom stereocenters. The molecule has 7 heteroatoms. The highest BCUT2D eigenvalue weighted by Gasteiger charge is 2.22. The van der Waals surface area contributed by atoms with Gasteiger partial charge in [-0.2, -0.15) is 5.10 Å². The largest absolute Gasteiger partial charge is 0.351 e. The van der Waals surface area contributed by atoms with Crippen LogP contribution in [0.15, 0.2) is 54.6 Å². The Labute approximate surface area is 181 Å². The van der Waals surface area contributed by atoms with E-state index in [-0.39, 0.29) is 18.5 Å². The Morgan fingerprint density at radius 1 is 1.20 bits per heavy atom. The van der Waals surface area contributed by atoms with Gasteiger partial charge in [-0.15, -0.1) is 0 Å². The van der Waals surface area contributed by atoms with Crippen molar-refractivity contribution in [1.82, 2.24) is 25.0 Å². The molecule has 4 rings (SSSR count). The van der Waals surface area contributed by atoms with Crippen LogP contribution in [0.1, 0.15) is 24.0 Å². The van der Waals surface area contributed by atoms with Crippen molar-refractivity contribution in [2.75, 3.05) is 13.1 Å². The lowest BCUT2D eigenvalue weighted by Crippen LogP contribution is -2.48. The van der Waals surface area contributed by atoms with E-state index in [0.717, 1.165) is 38.0 Å². The van der Waals surface area contributed by atoms with E-state index in [1.807, 2.05) is 37.3 Å². The van der Waals surface area contributed by atoms with Gasteiger partial charge in [-0.25, -0.2) is 0 Å². The second-order valence-corrected chi connectivity index (χ2v) is 8.32. The fraction of sp³-hybridized carbons (Fsp3) is 0.348. The van der Waals surface area contributed by atoms with Crippen LogP contribution in [0.5, 0.6) is 0 Å². The number of nitrogens with one attached hydrogen (secondary N) is 2. The number of rotatable bonds is 6. The number of carbonyl (C=O) groups excluding carboxylic acids is 1. The van der Waals surface area contributed by atoms with Crippen molar-refractivity contribution in [3.8, 4) is 11.4 Å². The van der Waals surface area contributed by atoms with E-state index >= 15 is 0 Å². The number of hydrogen-bond donors (Lipinski definition) is 2. The first-order chi connectivity index (χ1) is 14.6. The minimum absolute atomic E-state index is 0.0348. The highest BCUT2D eigenvalue weighted by Crippen LogP contribution is 2.18. The second kappa shape index (κ2) is 9.36. The molecule has 0 spiro atoms. The monoisotopic (exact) mass is 421 g/mol. The average Bonchev–Trinajstić information content (AvgIpc) is 3.10. The fourth-order valence-electron chi connectivity index (χ4n) is 3.96. The first-order valence-corrected chi connectivity index (χ1v) is 10.8. The summed E-state index contributed by atoms with van der Waals surface area (Å²) in [5.74, 6) is 0.650. The van der Waals surface area contributed by atoms with E-state index in [1.165, 1.54) is 11.1 Å². The predicted octanol–water partition coefficient (Wildman–Crippen LogP) is 3.70. The zero-order valence-electron chi connectivity index (χ0n) is 17.2. The van der Waals surface area contributed by atoms with Gasteiger partial charge in [0.1, 0.15) is 6.54 Å². The quantitative estimate of drug-likeness (QED) is 0.596. The Morgan fingerprint density at radius 2 is 1.97 bits per heavy atom. The van der Waals surface area contributed by atoms with Crippen molar-refractivity contribution in [2.24, 2.45) is 0 Å². The third-order valence-electron chi connectivity index (χ3n) is 5.49. The van der Waals surface area contributed by atoms with Crippen LogP contribution in [0.25, 0.3) is 11.4 Å². The van der Waals surface area contributed by atoms with Gasteiger partial charge in [0.15, 0.2) is 10.6 Å². The van der Waals surface area contributed by atoms with Crippen molar-refractivity contribution in [3.63, 3.8) is 0 Å². The number of hydrogen-bond acceptors (Lipinski definition) is 4. The van der Waals surface area contributed by atoms with Crippen molar-refractivity contribution < 1.29 is 4.79 Å². The zero-order valence-corrected chi connectivity index (χ0v) is 18.0. The van der Waals surface area contributed by atoms with Gasteiger partial charge in [0, 0.05) is 24.7 Å². The van der Waals surface area contributed by atoms with E-state index in [9.17, 15) is 4.79 Å². The summed E-state index contributed by atoms with van der Waals surface area (Å²) in [7, 11) is 0. The normalized spacial score (nSPS) is 17.0. The number of aromatic nitrogens is 3. The molecule has 1 amide bonds. The first-order valence-electron chi connectivity index (χ1n) is 10.4. The van der Waals surface area contributed by atoms with Gasteiger partial charge >= 0.3 is 0 Å². The van der Waals surface area contributed by atoms with Gasteiger partial charge in [-0.1, -0.05) is 60.2 Å². The first kappa shape index (κ1) is 20.5. The van der Waals surface area contributed by atoms with Crippen LogP contribution >= 0.6 is 12.2 Å². The summed E-state index contributed by atoms with van der Waals surface area (Å²) < 4.78 is 2.22. The molecule has 1 saturated heterocycles. The molecule has 6 nitrogen and oxygen atoms in total. The molecule has 1 fully saturated rings.